The van der Waals surface area contributed by atoms with E-state index in [2.05, 4.69) is 27.8 Å². The number of amides is 2. The second-order valence-corrected chi connectivity index (χ2v) is 7.17. The van der Waals surface area contributed by atoms with Gasteiger partial charge in [-0.25, -0.2) is 0 Å². The number of aromatic amines is 1. The van der Waals surface area contributed by atoms with Gasteiger partial charge in [-0.15, -0.1) is 0 Å². The fourth-order valence-corrected chi connectivity index (χ4v) is 3.08. The van der Waals surface area contributed by atoms with Crippen molar-refractivity contribution in [2.45, 2.75) is 78.1 Å². The number of H-pyrrole nitrogens is 1. The van der Waals surface area contributed by atoms with Crippen LogP contribution in [0.4, 0.5) is 5.82 Å². The minimum absolute atomic E-state index is 0.0195. The lowest BCUT2D eigenvalue weighted by Crippen LogP contribution is -2.24. The molecule has 0 aromatic carbocycles. The number of carbonyl (C=O) groups is 2. The van der Waals surface area contributed by atoms with Crippen molar-refractivity contribution in [2.24, 2.45) is 11.7 Å². The van der Waals surface area contributed by atoms with Crippen molar-refractivity contribution in [3.05, 3.63) is 11.8 Å². The molecule has 2 rings (SSSR count). The lowest BCUT2D eigenvalue weighted by Gasteiger charge is -2.20. The largest absolute Gasteiger partial charge is 0.351 e. The third-order valence-electron chi connectivity index (χ3n) is 4.63. The molecule has 1 heterocycles. The molecular weight excluding hydrogens is 342 g/mol. The Labute approximate surface area is 163 Å². The molecule has 1 aliphatic carbocycles. The highest BCUT2D eigenvalue weighted by atomic mass is 16.2. The number of nitrogens with two attached hydrogens (primary N) is 1. The van der Waals surface area contributed by atoms with Crippen LogP contribution in [0.25, 0.3) is 0 Å². The van der Waals surface area contributed by atoms with Crippen LogP contribution < -0.4 is 16.4 Å². The number of aromatic nitrogens is 2. The Balaban J connectivity index is 0.000000527. The second-order valence-electron chi connectivity index (χ2n) is 7.17. The third-order valence-corrected chi connectivity index (χ3v) is 4.63. The quantitative estimate of drug-likeness (QED) is 0.491. The first-order chi connectivity index (χ1) is 13.1. The molecular formula is C20H37N5O2. The minimum atomic E-state index is -0.197. The second kappa shape index (κ2) is 14.2. The molecule has 7 nitrogen and oxygen atoms in total. The van der Waals surface area contributed by atoms with Gasteiger partial charge in [-0.05, 0) is 38.1 Å². The highest BCUT2D eigenvalue weighted by Crippen LogP contribution is 2.26. The molecule has 27 heavy (non-hydrogen) atoms. The molecule has 0 radical (unpaired) electrons. The van der Waals surface area contributed by atoms with E-state index in [0.29, 0.717) is 30.4 Å². The van der Waals surface area contributed by atoms with Crippen LogP contribution in [0.15, 0.2) is 6.07 Å². The van der Waals surface area contributed by atoms with Crippen LogP contribution in [-0.2, 0) is 4.79 Å². The van der Waals surface area contributed by atoms with Gasteiger partial charge in [-0.2, -0.15) is 5.10 Å². The molecule has 0 unspecified atom stereocenters. The number of hydrogen-bond acceptors (Lipinski definition) is 4. The molecule has 1 aromatic rings. The van der Waals surface area contributed by atoms with Gasteiger partial charge in [0.05, 0.1) is 0 Å². The Kier molecular flexibility index (Phi) is 12.2. The molecule has 1 aromatic heterocycles. The SMILES string of the molecule is CCCCCN.CCCNC(=O)c1cc(NC(=O)CC2CCCCC2)n[nH]1. The number of rotatable bonds is 9. The maximum atomic E-state index is 12.0. The van der Waals surface area contributed by atoms with Crippen LogP contribution in [0.1, 0.15) is 88.5 Å². The molecule has 2 amide bonds. The monoisotopic (exact) mass is 379 g/mol. The molecule has 0 saturated heterocycles. The maximum absolute atomic E-state index is 12.0. The van der Waals surface area contributed by atoms with Crippen LogP contribution in [-0.4, -0.2) is 35.1 Å². The van der Waals surface area contributed by atoms with E-state index >= 15 is 0 Å². The zero-order valence-electron chi connectivity index (χ0n) is 17.0. The number of anilines is 1. The molecule has 1 aliphatic rings. The molecule has 1 saturated carbocycles. The Morgan fingerprint density at radius 1 is 1.19 bits per heavy atom. The highest BCUT2D eigenvalue weighted by Gasteiger charge is 2.18. The van der Waals surface area contributed by atoms with Crippen LogP contribution in [0, 0.1) is 5.92 Å². The smallest absolute Gasteiger partial charge is 0.269 e. The first-order valence-corrected chi connectivity index (χ1v) is 10.4. The molecule has 0 spiro atoms. The maximum Gasteiger partial charge on any atom is 0.269 e. The first-order valence-electron chi connectivity index (χ1n) is 10.4. The zero-order chi connectivity index (χ0) is 19.9. The number of hydrogen-bond donors (Lipinski definition) is 4. The lowest BCUT2D eigenvalue weighted by atomic mass is 9.87. The highest BCUT2D eigenvalue weighted by molar-refractivity contribution is 5.95. The average Bonchev–Trinajstić information content (AvgIpc) is 3.14. The van der Waals surface area contributed by atoms with Gasteiger partial charge in [0.2, 0.25) is 5.91 Å². The molecule has 0 aliphatic heterocycles. The van der Waals surface area contributed by atoms with E-state index in [4.69, 9.17) is 5.73 Å². The van der Waals surface area contributed by atoms with E-state index in [0.717, 1.165) is 25.8 Å². The predicted octanol–water partition coefficient (Wildman–Crippen LogP) is 3.59. The lowest BCUT2D eigenvalue weighted by molar-refractivity contribution is -0.117. The summed E-state index contributed by atoms with van der Waals surface area (Å²) < 4.78 is 0. The van der Waals surface area contributed by atoms with E-state index in [1.54, 1.807) is 6.07 Å². The zero-order valence-corrected chi connectivity index (χ0v) is 17.0. The number of carbonyl (C=O) groups excluding carboxylic acids is 2. The molecule has 7 heteroatoms. The fourth-order valence-electron chi connectivity index (χ4n) is 3.08. The summed E-state index contributed by atoms with van der Waals surface area (Å²) in [6.45, 7) is 5.65. The molecule has 154 valence electrons. The fraction of sp³-hybridized carbons (Fsp3) is 0.750. The van der Waals surface area contributed by atoms with Gasteiger partial charge >= 0.3 is 0 Å². The van der Waals surface area contributed by atoms with Gasteiger partial charge in [0, 0.05) is 19.0 Å². The van der Waals surface area contributed by atoms with E-state index in [-0.39, 0.29) is 11.8 Å². The van der Waals surface area contributed by atoms with Crippen LogP contribution in [0.2, 0.25) is 0 Å². The molecule has 1 fully saturated rings. The number of nitrogens with zero attached hydrogens (tertiary/aromatic N) is 1. The average molecular weight is 380 g/mol. The van der Waals surface area contributed by atoms with Crippen LogP contribution in [0.5, 0.6) is 0 Å². The number of unbranched alkanes of at least 4 members (excludes halogenated alkanes) is 2. The van der Waals surface area contributed by atoms with Crippen molar-refractivity contribution in [3.63, 3.8) is 0 Å². The Hall–Kier alpha value is -1.89. The van der Waals surface area contributed by atoms with Crippen LogP contribution >= 0.6 is 0 Å². The standard InChI is InChI=1S/C15H24N4O2.C5H13N/c1-2-8-16-15(21)12-10-13(19-18-12)17-14(20)9-11-6-4-3-5-7-11;1-2-3-4-5-6/h10-11H,2-9H2,1H3,(H,16,21)(H2,17,18,19,20);2-6H2,1H3. The van der Waals surface area contributed by atoms with E-state index in [1.807, 2.05) is 6.92 Å². The normalized spacial score (nSPS) is 14.2. The summed E-state index contributed by atoms with van der Waals surface area (Å²) in [5, 5.41) is 12.1. The van der Waals surface area contributed by atoms with Crippen molar-refractivity contribution < 1.29 is 9.59 Å². The molecule has 0 bridgehead atoms. The van der Waals surface area contributed by atoms with Gasteiger partial charge in [-0.1, -0.05) is 46.0 Å². The molecule has 5 N–H and O–H groups in total. The van der Waals surface area contributed by atoms with Crippen molar-refractivity contribution in [1.29, 1.82) is 0 Å². The van der Waals surface area contributed by atoms with E-state index in [1.165, 1.54) is 38.5 Å². The van der Waals surface area contributed by atoms with Gasteiger partial charge < -0.3 is 16.4 Å². The van der Waals surface area contributed by atoms with Gasteiger partial charge in [-0.3, -0.25) is 14.7 Å². The number of nitrogens with one attached hydrogen (secondary N) is 3. The van der Waals surface area contributed by atoms with Crippen LogP contribution in [0.3, 0.4) is 0 Å². The summed E-state index contributed by atoms with van der Waals surface area (Å²) in [6.07, 6.45) is 11.2. The summed E-state index contributed by atoms with van der Waals surface area (Å²) in [5.74, 6) is 0.688. The minimum Gasteiger partial charge on any atom is -0.351 e. The predicted molar refractivity (Wildman–Crippen MR) is 110 cm³/mol. The van der Waals surface area contributed by atoms with E-state index < -0.39 is 0 Å². The van der Waals surface area contributed by atoms with E-state index in [9.17, 15) is 9.59 Å². The third kappa shape index (κ3) is 10.1. The van der Waals surface area contributed by atoms with Gasteiger partial charge in [0.15, 0.2) is 5.82 Å². The van der Waals surface area contributed by atoms with Gasteiger partial charge in [0.1, 0.15) is 5.69 Å². The Bertz CT molecular complexity index is 534. The summed E-state index contributed by atoms with van der Waals surface area (Å²) in [7, 11) is 0. The topological polar surface area (TPSA) is 113 Å². The summed E-state index contributed by atoms with van der Waals surface area (Å²) >= 11 is 0. The summed E-state index contributed by atoms with van der Waals surface area (Å²) in [6, 6.07) is 1.57. The summed E-state index contributed by atoms with van der Waals surface area (Å²) in [4.78, 5) is 23.7. The first kappa shape index (κ1) is 23.1. The van der Waals surface area contributed by atoms with Gasteiger partial charge in [0.25, 0.3) is 5.91 Å². The van der Waals surface area contributed by atoms with Crippen molar-refractivity contribution >= 4 is 17.6 Å². The van der Waals surface area contributed by atoms with Crippen molar-refractivity contribution in [1.82, 2.24) is 15.5 Å². The van der Waals surface area contributed by atoms with Crippen molar-refractivity contribution in [3.8, 4) is 0 Å². The van der Waals surface area contributed by atoms with Crippen molar-refractivity contribution in [2.75, 3.05) is 18.4 Å². The Morgan fingerprint density at radius 2 is 1.93 bits per heavy atom. The summed E-state index contributed by atoms with van der Waals surface area (Å²) in [5.41, 5.74) is 5.59. The molecule has 0 atom stereocenters. The Morgan fingerprint density at radius 3 is 2.52 bits per heavy atom.